The van der Waals surface area contributed by atoms with Crippen LogP contribution in [0.5, 0.6) is 0 Å². The van der Waals surface area contributed by atoms with Gasteiger partial charge in [-0.05, 0) is 12.1 Å². The molecule has 1 aliphatic rings. The van der Waals surface area contributed by atoms with E-state index in [1.807, 2.05) is 37.2 Å². The van der Waals surface area contributed by atoms with E-state index in [2.05, 4.69) is 25.8 Å². The number of anilines is 1. The molecule has 124 valence electrons. The molecular formula is C15H21ClN6O. The number of aromatic nitrogens is 3. The Morgan fingerprint density at radius 2 is 2.22 bits per heavy atom. The predicted octanol–water partition coefficient (Wildman–Crippen LogP) is 0.868. The minimum Gasteiger partial charge on any atom is -0.363 e. The lowest BCUT2D eigenvalue weighted by Gasteiger charge is -2.13. The fourth-order valence-electron chi connectivity index (χ4n) is 2.48. The van der Waals surface area contributed by atoms with Gasteiger partial charge in [-0.15, -0.1) is 12.4 Å². The van der Waals surface area contributed by atoms with Crippen molar-refractivity contribution in [3.05, 3.63) is 40.8 Å². The van der Waals surface area contributed by atoms with Crippen molar-refractivity contribution in [2.75, 3.05) is 25.5 Å². The second kappa shape index (κ2) is 7.43. The number of hydrogen-bond donors (Lipinski definition) is 3. The van der Waals surface area contributed by atoms with E-state index in [4.69, 9.17) is 0 Å². The van der Waals surface area contributed by atoms with Crippen LogP contribution in [-0.2, 0) is 19.5 Å². The minimum absolute atomic E-state index is 0. The number of carbonyl (C=O) groups excluding carboxylic acids is 1. The van der Waals surface area contributed by atoms with Crippen molar-refractivity contribution in [2.45, 2.75) is 19.5 Å². The highest BCUT2D eigenvalue weighted by molar-refractivity contribution is 5.93. The van der Waals surface area contributed by atoms with Crippen molar-refractivity contribution >= 4 is 24.1 Å². The molecule has 3 N–H and O–H groups in total. The molecule has 3 rings (SSSR count). The van der Waals surface area contributed by atoms with Gasteiger partial charge in [-0.1, -0.05) is 6.07 Å². The van der Waals surface area contributed by atoms with Gasteiger partial charge in [0.05, 0.1) is 12.2 Å². The SMILES string of the molecule is CN(C)c1cccc(CNC(=O)c2n[nH]c3c2CNCC3)n1.Cl. The topological polar surface area (TPSA) is 85.9 Å². The predicted molar refractivity (Wildman–Crippen MR) is 91.0 cm³/mol. The van der Waals surface area contributed by atoms with Crippen LogP contribution in [0.3, 0.4) is 0 Å². The van der Waals surface area contributed by atoms with E-state index in [-0.39, 0.29) is 18.3 Å². The molecule has 0 saturated carbocycles. The molecule has 7 nitrogen and oxygen atoms in total. The van der Waals surface area contributed by atoms with Crippen molar-refractivity contribution in [3.8, 4) is 0 Å². The number of aromatic amines is 1. The summed E-state index contributed by atoms with van der Waals surface area (Å²) >= 11 is 0. The van der Waals surface area contributed by atoms with Crippen molar-refractivity contribution in [3.63, 3.8) is 0 Å². The lowest BCUT2D eigenvalue weighted by molar-refractivity contribution is 0.0944. The standard InChI is InChI=1S/C15H20N6O.ClH/c1-21(2)13-5-3-4-10(18-13)8-17-15(22)14-11-9-16-7-6-12(11)19-20-14;/h3-5,16H,6-9H2,1-2H3,(H,17,22)(H,19,20);1H. The van der Waals surface area contributed by atoms with Gasteiger partial charge in [-0.2, -0.15) is 5.10 Å². The van der Waals surface area contributed by atoms with Gasteiger partial charge < -0.3 is 15.5 Å². The first kappa shape index (κ1) is 17.2. The summed E-state index contributed by atoms with van der Waals surface area (Å²) in [6.45, 7) is 1.98. The zero-order chi connectivity index (χ0) is 15.5. The second-order valence-electron chi connectivity index (χ2n) is 5.52. The van der Waals surface area contributed by atoms with Crippen molar-refractivity contribution in [2.24, 2.45) is 0 Å². The summed E-state index contributed by atoms with van der Waals surface area (Å²) in [6.07, 6.45) is 0.877. The quantitative estimate of drug-likeness (QED) is 0.771. The molecule has 0 spiro atoms. The minimum atomic E-state index is -0.168. The first-order valence-electron chi connectivity index (χ1n) is 7.33. The molecule has 3 heterocycles. The summed E-state index contributed by atoms with van der Waals surface area (Å²) in [5.74, 6) is 0.700. The molecule has 8 heteroatoms. The van der Waals surface area contributed by atoms with Crippen LogP contribution in [0.25, 0.3) is 0 Å². The van der Waals surface area contributed by atoms with Gasteiger partial charge >= 0.3 is 0 Å². The fourth-order valence-corrected chi connectivity index (χ4v) is 2.48. The number of rotatable bonds is 4. The van der Waals surface area contributed by atoms with E-state index in [9.17, 15) is 4.79 Å². The Morgan fingerprint density at radius 1 is 1.39 bits per heavy atom. The van der Waals surface area contributed by atoms with Crippen molar-refractivity contribution in [1.29, 1.82) is 0 Å². The zero-order valence-corrected chi connectivity index (χ0v) is 14.0. The zero-order valence-electron chi connectivity index (χ0n) is 13.2. The lowest BCUT2D eigenvalue weighted by atomic mass is 10.1. The highest BCUT2D eigenvalue weighted by Gasteiger charge is 2.21. The van der Waals surface area contributed by atoms with Gasteiger partial charge in [0.25, 0.3) is 5.91 Å². The third-order valence-corrected chi connectivity index (χ3v) is 3.70. The average Bonchev–Trinajstić information content (AvgIpc) is 2.97. The number of amides is 1. The molecule has 23 heavy (non-hydrogen) atoms. The number of nitrogens with zero attached hydrogens (tertiary/aromatic N) is 3. The normalized spacial score (nSPS) is 13.0. The summed E-state index contributed by atoms with van der Waals surface area (Å²) in [5.41, 5.74) is 3.32. The average molecular weight is 337 g/mol. The van der Waals surface area contributed by atoms with Crippen LogP contribution in [0.1, 0.15) is 27.4 Å². The van der Waals surface area contributed by atoms with Gasteiger partial charge in [0.2, 0.25) is 0 Å². The Bertz CT molecular complexity index is 684. The van der Waals surface area contributed by atoms with Crippen molar-refractivity contribution < 1.29 is 4.79 Å². The number of H-pyrrole nitrogens is 1. The van der Waals surface area contributed by atoms with Crippen molar-refractivity contribution in [1.82, 2.24) is 25.8 Å². The van der Waals surface area contributed by atoms with Crippen LogP contribution >= 0.6 is 12.4 Å². The van der Waals surface area contributed by atoms with Crippen LogP contribution in [0.15, 0.2) is 18.2 Å². The molecule has 0 unspecified atom stereocenters. The Balaban J connectivity index is 0.00000192. The van der Waals surface area contributed by atoms with E-state index < -0.39 is 0 Å². The smallest absolute Gasteiger partial charge is 0.272 e. The second-order valence-corrected chi connectivity index (χ2v) is 5.52. The van der Waals surface area contributed by atoms with E-state index in [1.165, 1.54) is 0 Å². The van der Waals surface area contributed by atoms with Crippen LogP contribution in [0.2, 0.25) is 0 Å². The number of nitrogens with one attached hydrogen (secondary N) is 3. The number of carbonyl (C=O) groups is 1. The summed E-state index contributed by atoms with van der Waals surface area (Å²) in [5, 5.41) is 13.3. The monoisotopic (exact) mass is 336 g/mol. The molecule has 0 radical (unpaired) electrons. The number of pyridine rings is 1. The molecule has 1 aliphatic heterocycles. The fraction of sp³-hybridized carbons (Fsp3) is 0.400. The third kappa shape index (κ3) is 3.80. The van der Waals surface area contributed by atoms with Crippen LogP contribution in [0.4, 0.5) is 5.82 Å². The van der Waals surface area contributed by atoms with Crippen LogP contribution in [0, 0.1) is 0 Å². The number of halogens is 1. The first-order chi connectivity index (χ1) is 10.6. The Hall–Kier alpha value is -2.12. The summed E-state index contributed by atoms with van der Waals surface area (Å²) in [6, 6.07) is 5.76. The Kier molecular flexibility index (Phi) is 5.57. The largest absolute Gasteiger partial charge is 0.363 e. The molecule has 2 aromatic rings. The highest BCUT2D eigenvalue weighted by Crippen LogP contribution is 2.15. The number of hydrogen-bond acceptors (Lipinski definition) is 5. The van der Waals surface area contributed by atoms with Gasteiger partial charge in [-0.25, -0.2) is 4.98 Å². The molecule has 0 aromatic carbocycles. The molecule has 1 amide bonds. The van der Waals surface area contributed by atoms with Gasteiger partial charge in [-0.3, -0.25) is 9.89 Å². The summed E-state index contributed by atoms with van der Waals surface area (Å²) in [7, 11) is 3.88. The molecule has 0 saturated heterocycles. The van der Waals surface area contributed by atoms with E-state index in [0.29, 0.717) is 18.8 Å². The molecule has 0 fully saturated rings. The van der Waals surface area contributed by atoms with Crippen LogP contribution in [-0.4, -0.2) is 41.7 Å². The van der Waals surface area contributed by atoms with Gasteiger partial charge in [0, 0.05) is 44.9 Å². The maximum Gasteiger partial charge on any atom is 0.272 e. The Labute approximate surface area is 141 Å². The lowest BCUT2D eigenvalue weighted by Crippen LogP contribution is -2.28. The number of fused-ring (bicyclic) bond motifs is 1. The molecular weight excluding hydrogens is 316 g/mol. The van der Waals surface area contributed by atoms with E-state index >= 15 is 0 Å². The van der Waals surface area contributed by atoms with E-state index in [1.54, 1.807) is 0 Å². The maximum absolute atomic E-state index is 12.3. The van der Waals surface area contributed by atoms with Gasteiger partial charge in [0.15, 0.2) is 5.69 Å². The molecule has 0 bridgehead atoms. The molecule has 0 atom stereocenters. The van der Waals surface area contributed by atoms with Gasteiger partial charge in [0.1, 0.15) is 5.82 Å². The first-order valence-corrected chi connectivity index (χ1v) is 7.33. The molecule has 2 aromatic heterocycles. The van der Waals surface area contributed by atoms with E-state index in [0.717, 1.165) is 35.7 Å². The maximum atomic E-state index is 12.3. The summed E-state index contributed by atoms with van der Waals surface area (Å²) in [4.78, 5) is 18.7. The van der Waals surface area contributed by atoms with Crippen LogP contribution < -0.4 is 15.5 Å². The highest BCUT2D eigenvalue weighted by atomic mass is 35.5. The Morgan fingerprint density at radius 3 is 3.00 bits per heavy atom. The third-order valence-electron chi connectivity index (χ3n) is 3.70. The molecule has 0 aliphatic carbocycles. The summed E-state index contributed by atoms with van der Waals surface area (Å²) < 4.78 is 0.